The largest absolute Gasteiger partial charge is 0.617 e. The lowest BCUT2D eigenvalue weighted by Crippen LogP contribution is -2.54. The molecule has 0 radical (unpaired) electrons. The predicted molar refractivity (Wildman–Crippen MR) is 202 cm³/mol. The first-order valence-electron chi connectivity index (χ1n) is 16.5. The van der Waals surface area contributed by atoms with E-state index < -0.39 is 33.3 Å². The fraction of sp³-hybridized carbons (Fsp3) is 0.429. The third kappa shape index (κ3) is 8.39. The van der Waals surface area contributed by atoms with Crippen LogP contribution in [0, 0.1) is 0 Å². The zero-order chi connectivity index (χ0) is 34.7. The molecule has 3 heterocycles. The van der Waals surface area contributed by atoms with E-state index in [2.05, 4.69) is 4.90 Å². The Balaban J connectivity index is 0.00000486. The van der Waals surface area contributed by atoms with E-state index >= 15 is 0 Å². The molecule has 3 aliphatic heterocycles. The highest BCUT2D eigenvalue weighted by Crippen LogP contribution is 2.46. The molecule has 0 spiro atoms. The highest BCUT2D eigenvalue weighted by Gasteiger charge is 2.45. The van der Waals surface area contributed by atoms with Crippen LogP contribution in [0.1, 0.15) is 48.5 Å². The van der Waals surface area contributed by atoms with Crippen molar-refractivity contribution in [3.8, 4) is 5.75 Å². The molecule has 0 saturated carbocycles. The van der Waals surface area contributed by atoms with Gasteiger partial charge in [-0.3, -0.25) is 14.8 Å². The molecule has 6 rings (SSSR count). The fourth-order valence-corrected chi connectivity index (χ4v) is 8.93. The Morgan fingerprint density at radius 3 is 2.10 bits per heavy atom. The number of hydrogen-bond donors (Lipinski definition) is 0. The number of amides is 2. The molecule has 270 valence electrons. The van der Waals surface area contributed by atoms with Crippen molar-refractivity contribution in [3.05, 3.63) is 93.5 Å². The zero-order valence-electron chi connectivity index (χ0n) is 28.0. The van der Waals surface area contributed by atoms with Crippen LogP contribution in [0.5, 0.6) is 5.75 Å². The minimum Gasteiger partial charge on any atom is -0.617 e. The zero-order valence-corrected chi connectivity index (χ0v) is 32.0. The van der Waals surface area contributed by atoms with E-state index in [1.165, 1.54) is 4.31 Å². The lowest BCUT2D eigenvalue weighted by Gasteiger charge is -2.39. The van der Waals surface area contributed by atoms with Crippen LogP contribution in [0.3, 0.4) is 0 Å². The van der Waals surface area contributed by atoms with E-state index in [9.17, 15) is 17.8 Å². The number of carbonyl (C=O) groups excluding carboxylic acids is 1. The summed E-state index contributed by atoms with van der Waals surface area (Å²) in [4.78, 5) is 26.0. The average molecular weight is 783 g/mol. The van der Waals surface area contributed by atoms with Crippen LogP contribution in [0.2, 0.25) is 10.0 Å². The van der Waals surface area contributed by atoms with Gasteiger partial charge in [-0.2, -0.15) is 4.31 Å². The SMILES string of the molecule is CCOc1cc(S(=O)(=O)N2CCCC2)ccc1C1=N[C@@H](c2ccc(Cl)cc2)[C@@H](c2ccc(Cl)cc2)N1C(=O)N1CCN(CC[S+](C)[O-])CC1.Cl. The molecule has 2 fully saturated rings. The second-order valence-electron chi connectivity index (χ2n) is 12.4. The van der Waals surface area contributed by atoms with Crippen molar-refractivity contribution in [3.63, 3.8) is 0 Å². The standard InChI is InChI=1S/C35H41Cl2N5O5S2.ClH/c1-3-47-31-24-29(49(45,46)41-16-4-5-17-41)14-15-30(31)34-38-32(25-6-10-27(36)11-7-25)33(26-8-12-28(37)13-9-26)42(34)35(43)40-20-18-39(19-21-40)22-23-48(2)44;/h6-15,24,32-33H,3-5,16-23H2,1-2H3;1H/t32-,33+,48?;/m0./s1. The number of nitrogens with zero attached hydrogens (tertiary/aromatic N) is 5. The van der Waals surface area contributed by atoms with E-state index in [1.54, 1.807) is 41.5 Å². The van der Waals surface area contributed by atoms with Gasteiger partial charge in [0, 0.05) is 61.9 Å². The van der Waals surface area contributed by atoms with Crippen molar-refractivity contribution in [2.45, 2.75) is 36.7 Å². The highest BCUT2D eigenvalue weighted by molar-refractivity contribution is 7.90. The quantitative estimate of drug-likeness (QED) is 0.225. The normalized spacial score (nSPS) is 20.8. The molecule has 0 aromatic heterocycles. The molecule has 2 amide bonds. The van der Waals surface area contributed by atoms with Gasteiger partial charge < -0.3 is 14.2 Å². The number of urea groups is 1. The maximum atomic E-state index is 14.8. The molecule has 3 aromatic carbocycles. The van der Waals surface area contributed by atoms with E-state index in [4.69, 9.17) is 32.9 Å². The molecule has 10 nitrogen and oxygen atoms in total. The first-order chi connectivity index (χ1) is 23.6. The van der Waals surface area contributed by atoms with Gasteiger partial charge >= 0.3 is 6.03 Å². The van der Waals surface area contributed by atoms with Crippen molar-refractivity contribution < 1.29 is 22.5 Å². The summed E-state index contributed by atoms with van der Waals surface area (Å²) in [6, 6.07) is 18.4. The van der Waals surface area contributed by atoms with Crippen LogP contribution in [-0.2, 0) is 21.2 Å². The van der Waals surface area contributed by atoms with E-state index in [0.29, 0.717) is 78.8 Å². The van der Waals surface area contributed by atoms with E-state index in [0.717, 1.165) is 24.0 Å². The summed E-state index contributed by atoms with van der Waals surface area (Å²) in [5.74, 6) is 1.31. The molecule has 3 atom stereocenters. The average Bonchev–Trinajstić information content (AvgIpc) is 3.78. The number of ether oxygens (including phenoxy) is 1. The Morgan fingerprint density at radius 2 is 1.52 bits per heavy atom. The first-order valence-corrected chi connectivity index (χ1v) is 20.5. The summed E-state index contributed by atoms with van der Waals surface area (Å²) < 4.78 is 46.5. The van der Waals surface area contributed by atoms with Gasteiger partial charge in [0.05, 0.1) is 29.4 Å². The number of aliphatic imine (C=N–C) groups is 1. The third-order valence-corrected chi connectivity index (χ3v) is 12.4. The number of hydrogen-bond acceptors (Lipinski definition) is 7. The Kier molecular flexibility index (Phi) is 13.0. The maximum absolute atomic E-state index is 14.8. The lowest BCUT2D eigenvalue weighted by molar-refractivity contribution is 0.122. The van der Waals surface area contributed by atoms with Gasteiger partial charge in [0.15, 0.2) is 0 Å². The number of carbonyl (C=O) groups is 1. The van der Waals surface area contributed by atoms with Gasteiger partial charge in [0.25, 0.3) is 0 Å². The van der Waals surface area contributed by atoms with Crippen molar-refractivity contribution in [2.75, 3.05) is 64.4 Å². The van der Waals surface area contributed by atoms with Crippen LogP contribution in [0.15, 0.2) is 76.6 Å². The number of amidine groups is 1. The minimum atomic E-state index is -3.72. The van der Waals surface area contributed by atoms with Crippen molar-refractivity contribution in [1.29, 1.82) is 0 Å². The molecule has 3 aliphatic rings. The summed E-state index contributed by atoms with van der Waals surface area (Å²) in [6.07, 6.45) is 3.36. The third-order valence-electron chi connectivity index (χ3n) is 9.23. The van der Waals surface area contributed by atoms with Crippen LogP contribution in [-0.4, -0.2) is 108 Å². The summed E-state index contributed by atoms with van der Waals surface area (Å²) >= 11 is 11.7. The lowest BCUT2D eigenvalue weighted by atomic mass is 9.93. The number of sulfonamides is 1. The Morgan fingerprint density at radius 1 is 0.920 bits per heavy atom. The summed E-state index contributed by atoms with van der Waals surface area (Å²) in [5, 5.41) is 1.15. The molecule has 3 aromatic rings. The summed E-state index contributed by atoms with van der Waals surface area (Å²) in [7, 11) is -3.72. The number of halogens is 3. The molecule has 50 heavy (non-hydrogen) atoms. The Labute approximate surface area is 314 Å². The predicted octanol–water partition coefficient (Wildman–Crippen LogP) is 6.26. The number of piperazine rings is 1. The molecule has 15 heteroatoms. The van der Waals surface area contributed by atoms with E-state index in [-0.39, 0.29) is 29.9 Å². The first kappa shape index (κ1) is 38.7. The van der Waals surface area contributed by atoms with Gasteiger partial charge in [-0.15, -0.1) is 12.4 Å². The minimum absolute atomic E-state index is 0. The van der Waals surface area contributed by atoms with Gasteiger partial charge in [-0.25, -0.2) is 13.2 Å². The van der Waals surface area contributed by atoms with Crippen LogP contribution < -0.4 is 4.74 Å². The maximum Gasteiger partial charge on any atom is 0.326 e. The van der Waals surface area contributed by atoms with Crippen molar-refractivity contribution in [2.24, 2.45) is 4.99 Å². The second-order valence-corrected chi connectivity index (χ2v) is 16.8. The number of benzene rings is 3. The van der Waals surface area contributed by atoms with Gasteiger partial charge in [0.1, 0.15) is 23.4 Å². The van der Waals surface area contributed by atoms with Crippen LogP contribution in [0.4, 0.5) is 4.79 Å². The molecular weight excluding hydrogens is 741 g/mol. The Bertz CT molecular complexity index is 1770. The second kappa shape index (κ2) is 16.9. The molecule has 2 saturated heterocycles. The molecule has 1 unspecified atom stereocenters. The summed E-state index contributed by atoms with van der Waals surface area (Å²) in [6.45, 7) is 6.09. The van der Waals surface area contributed by atoms with Gasteiger partial charge in [0.2, 0.25) is 10.0 Å². The van der Waals surface area contributed by atoms with Crippen molar-refractivity contribution in [1.82, 2.24) is 19.0 Å². The molecule has 0 N–H and O–H groups in total. The Hall–Kier alpha value is -2.55. The van der Waals surface area contributed by atoms with Gasteiger partial charge in [-0.1, -0.05) is 58.6 Å². The smallest absolute Gasteiger partial charge is 0.326 e. The topological polar surface area (TPSA) is 109 Å². The number of rotatable bonds is 10. The fourth-order valence-electron chi connectivity index (χ4n) is 6.63. The molecular formula is C35H42Cl3N5O5S2. The van der Waals surface area contributed by atoms with Crippen LogP contribution >= 0.6 is 35.6 Å². The monoisotopic (exact) mass is 781 g/mol. The van der Waals surface area contributed by atoms with Crippen LogP contribution in [0.25, 0.3) is 0 Å². The summed E-state index contributed by atoms with van der Waals surface area (Å²) in [5.41, 5.74) is 2.22. The van der Waals surface area contributed by atoms with Crippen molar-refractivity contribution >= 4 is 68.7 Å². The van der Waals surface area contributed by atoms with Gasteiger partial charge in [-0.05, 0) is 67.3 Å². The van der Waals surface area contributed by atoms with E-state index in [1.807, 2.05) is 48.2 Å². The highest BCUT2D eigenvalue weighted by atomic mass is 35.5. The molecule has 0 bridgehead atoms. The molecule has 0 aliphatic carbocycles.